The van der Waals surface area contributed by atoms with Crippen LogP contribution in [0.25, 0.3) is 0 Å². The van der Waals surface area contributed by atoms with Crippen molar-refractivity contribution in [2.45, 2.75) is 6.54 Å². The average molecular weight is 318 g/mol. The van der Waals surface area contributed by atoms with Gasteiger partial charge in [-0.2, -0.15) is 0 Å². The Labute approximate surface area is 141 Å². The molecule has 1 N–H and O–H groups in total. The van der Waals surface area contributed by atoms with E-state index in [4.69, 9.17) is 0 Å². The molecule has 0 atom stereocenters. The molecule has 1 aromatic carbocycles. The van der Waals surface area contributed by atoms with Crippen LogP contribution in [-0.4, -0.2) is 22.9 Å². The van der Waals surface area contributed by atoms with Crippen molar-refractivity contribution >= 4 is 17.3 Å². The summed E-state index contributed by atoms with van der Waals surface area (Å²) >= 11 is 0. The van der Waals surface area contributed by atoms with E-state index in [9.17, 15) is 4.79 Å². The summed E-state index contributed by atoms with van der Waals surface area (Å²) in [5, 5.41) is 3.26. The molecule has 5 nitrogen and oxygen atoms in total. The van der Waals surface area contributed by atoms with Crippen LogP contribution in [0.15, 0.2) is 73.3 Å². The van der Waals surface area contributed by atoms with Crippen LogP contribution in [0.1, 0.15) is 15.9 Å². The van der Waals surface area contributed by atoms with E-state index >= 15 is 0 Å². The number of anilines is 2. The molecule has 1 amide bonds. The predicted molar refractivity (Wildman–Crippen MR) is 95.0 cm³/mol. The Morgan fingerprint density at radius 2 is 1.88 bits per heavy atom. The predicted octanol–water partition coefficient (Wildman–Crippen LogP) is 3.37. The molecule has 0 saturated heterocycles. The van der Waals surface area contributed by atoms with Gasteiger partial charge in [-0.25, -0.2) is 0 Å². The molecule has 0 aliphatic rings. The summed E-state index contributed by atoms with van der Waals surface area (Å²) < 4.78 is 0. The quantitative estimate of drug-likeness (QED) is 0.783. The van der Waals surface area contributed by atoms with Gasteiger partial charge in [-0.05, 0) is 29.8 Å². The molecular weight excluding hydrogens is 300 g/mol. The molecule has 0 unspecified atom stereocenters. The molecule has 0 saturated carbocycles. The molecule has 3 aromatic rings. The molecule has 0 radical (unpaired) electrons. The Bertz CT molecular complexity index is 806. The number of aromatic nitrogens is 2. The number of carbonyl (C=O) groups is 1. The number of rotatable bonds is 5. The summed E-state index contributed by atoms with van der Waals surface area (Å²) in [4.78, 5) is 22.5. The maximum atomic E-state index is 12.6. The van der Waals surface area contributed by atoms with Crippen LogP contribution in [-0.2, 0) is 6.54 Å². The van der Waals surface area contributed by atoms with Crippen LogP contribution >= 0.6 is 0 Å². The first kappa shape index (κ1) is 15.7. The fraction of sp³-hybridized carbons (Fsp3) is 0.105. The number of hydrogen-bond acceptors (Lipinski definition) is 4. The van der Waals surface area contributed by atoms with Crippen molar-refractivity contribution in [2.75, 3.05) is 17.3 Å². The van der Waals surface area contributed by atoms with E-state index in [0.717, 1.165) is 16.9 Å². The fourth-order valence-corrected chi connectivity index (χ4v) is 2.32. The molecule has 3 rings (SSSR count). The minimum atomic E-state index is -0.0984. The number of para-hydroxylation sites is 1. The number of benzene rings is 1. The Hall–Kier alpha value is -3.21. The van der Waals surface area contributed by atoms with Crippen LogP contribution in [0.3, 0.4) is 0 Å². The van der Waals surface area contributed by atoms with Crippen LogP contribution in [0.4, 0.5) is 11.4 Å². The van der Waals surface area contributed by atoms with Gasteiger partial charge in [-0.1, -0.05) is 24.3 Å². The zero-order valence-corrected chi connectivity index (χ0v) is 13.4. The third-order valence-electron chi connectivity index (χ3n) is 3.65. The van der Waals surface area contributed by atoms with Crippen molar-refractivity contribution in [3.05, 3.63) is 84.4 Å². The lowest BCUT2D eigenvalue weighted by molar-refractivity contribution is 0.0992. The maximum Gasteiger partial charge on any atom is 0.259 e. The fourth-order valence-electron chi connectivity index (χ4n) is 2.32. The number of nitrogens with one attached hydrogen (secondary N) is 1. The van der Waals surface area contributed by atoms with E-state index in [-0.39, 0.29) is 5.91 Å². The van der Waals surface area contributed by atoms with E-state index in [1.54, 1.807) is 36.7 Å². The third-order valence-corrected chi connectivity index (χ3v) is 3.65. The minimum absolute atomic E-state index is 0.0984. The lowest BCUT2D eigenvalue weighted by Crippen LogP contribution is -2.26. The molecular formula is C19H18N4O. The molecule has 0 fully saturated rings. The van der Waals surface area contributed by atoms with Crippen molar-refractivity contribution in [1.29, 1.82) is 0 Å². The highest BCUT2D eigenvalue weighted by Gasteiger charge is 2.14. The van der Waals surface area contributed by atoms with Gasteiger partial charge in [-0.15, -0.1) is 0 Å². The largest absolute Gasteiger partial charge is 0.380 e. The van der Waals surface area contributed by atoms with Crippen LogP contribution < -0.4 is 10.2 Å². The topological polar surface area (TPSA) is 58.1 Å². The lowest BCUT2D eigenvalue weighted by atomic mass is 10.2. The van der Waals surface area contributed by atoms with Gasteiger partial charge < -0.3 is 10.2 Å². The molecule has 2 heterocycles. The summed E-state index contributed by atoms with van der Waals surface area (Å²) in [5.74, 6) is -0.0984. The SMILES string of the molecule is CN(C(=O)c1cncc(NCc2cccnc2)c1)c1ccccc1. The number of nitrogens with zero attached hydrogens (tertiary/aromatic N) is 3. The normalized spacial score (nSPS) is 10.2. The number of hydrogen-bond donors (Lipinski definition) is 1. The second kappa shape index (κ2) is 7.37. The Morgan fingerprint density at radius 1 is 1.04 bits per heavy atom. The maximum absolute atomic E-state index is 12.6. The first-order valence-electron chi connectivity index (χ1n) is 7.65. The van der Waals surface area contributed by atoms with E-state index < -0.39 is 0 Å². The summed E-state index contributed by atoms with van der Waals surface area (Å²) in [6, 6.07) is 15.2. The molecule has 120 valence electrons. The number of pyridine rings is 2. The van der Waals surface area contributed by atoms with Crippen LogP contribution in [0.2, 0.25) is 0 Å². The van der Waals surface area contributed by atoms with Crippen molar-refractivity contribution in [1.82, 2.24) is 9.97 Å². The van der Waals surface area contributed by atoms with Gasteiger partial charge in [0.1, 0.15) is 0 Å². The summed E-state index contributed by atoms with van der Waals surface area (Å²) in [5.41, 5.74) is 3.25. The van der Waals surface area contributed by atoms with E-state index in [2.05, 4.69) is 15.3 Å². The molecule has 24 heavy (non-hydrogen) atoms. The Kier molecular flexibility index (Phi) is 4.81. The molecule has 0 spiro atoms. The highest BCUT2D eigenvalue weighted by Crippen LogP contribution is 2.16. The smallest absolute Gasteiger partial charge is 0.259 e. The van der Waals surface area contributed by atoms with Gasteiger partial charge in [0.15, 0.2) is 0 Å². The van der Waals surface area contributed by atoms with Crippen molar-refractivity contribution in [3.63, 3.8) is 0 Å². The average Bonchev–Trinajstić information content (AvgIpc) is 2.67. The van der Waals surface area contributed by atoms with Crippen molar-refractivity contribution in [2.24, 2.45) is 0 Å². The minimum Gasteiger partial charge on any atom is -0.380 e. The van der Waals surface area contributed by atoms with E-state index in [1.165, 1.54) is 0 Å². The molecule has 0 bridgehead atoms. The van der Waals surface area contributed by atoms with Gasteiger partial charge in [0.25, 0.3) is 5.91 Å². The highest BCUT2D eigenvalue weighted by molar-refractivity contribution is 6.05. The molecule has 0 aliphatic heterocycles. The van der Waals surface area contributed by atoms with E-state index in [1.807, 2.05) is 48.5 Å². The number of amides is 1. The Morgan fingerprint density at radius 3 is 2.62 bits per heavy atom. The molecule has 0 aliphatic carbocycles. The zero-order valence-electron chi connectivity index (χ0n) is 13.4. The van der Waals surface area contributed by atoms with E-state index in [0.29, 0.717) is 12.1 Å². The van der Waals surface area contributed by atoms with Gasteiger partial charge in [-0.3, -0.25) is 14.8 Å². The summed E-state index contributed by atoms with van der Waals surface area (Å²) in [6.07, 6.45) is 6.83. The first-order chi connectivity index (χ1) is 11.7. The zero-order chi connectivity index (χ0) is 16.8. The summed E-state index contributed by atoms with van der Waals surface area (Å²) in [6.45, 7) is 0.627. The lowest BCUT2D eigenvalue weighted by Gasteiger charge is -2.17. The first-order valence-corrected chi connectivity index (χ1v) is 7.65. The van der Waals surface area contributed by atoms with Gasteiger partial charge in [0, 0.05) is 44.1 Å². The second-order valence-electron chi connectivity index (χ2n) is 5.38. The summed E-state index contributed by atoms with van der Waals surface area (Å²) in [7, 11) is 1.76. The molecule has 2 aromatic heterocycles. The Balaban J connectivity index is 1.71. The molecule has 5 heteroatoms. The van der Waals surface area contributed by atoms with Crippen LogP contribution in [0, 0.1) is 0 Å². The third kappa shape index (κ3) is 3.76. The van der Waals surface area contributed by atoms with Gasteiger partial charge >= 0.3 is 0 Å². The van der Waals surface area contributed by atoms with Gasteiger partial charge in [0.2, 0.25) is 0 Å². The standard InChI is InChI=1S/C19H18N4O/c1-23(18-7-3-2-4-8-18)19(24)16-10-17(14-21-13-16)22-12-15-6-5-9-20-11-15/h2-11,13-14,22H,12H2,1H3. The van der Waals surface area contributed by atoms with Gasteiger partial charge in [0.05, 0.1) is 11.3 Å². The number of carbonyl (C=O) groups excluding carboxylic acids is 1. The van der Waals surface area contributed by atoms with Crippen molar-refractivity contribution in [3.8, 4) is 0 Å². The second-order valence-corrected chi connectivity index (χ2v) is 5.38. The highest BCUT2D eigenvalue weighted by atomic mass is 16.2. The monoisotopic (exact) mass is 318 g/mol. The van der Waals surface area contributed by atoms with Crippen LogP contribution in [0.5, 0.6) is 0 Å². The van der Waals surface area contributed by atoms with Crippen molar-refractivity contribution < 1.29 is 4.79 Å².